The van der Waals surface area contributed by atoms with Crippen molar-refractivity contribution in [2.45, 2.75) is 12.6 Å². The predicted molar refractivity (Wildman–Crippen MR) is 64.9 cm³/mol. The third kappa shape index (κ3) is 4.29. The minimum atomic E-state index is -4.43. The molecule has 0 fully saturated rings. The molecule has 1 aromatic rings. The maximum absolute atomic E-state index is 12.5. The molecule has 0 bridgehead atoms. The van der Waals surface area contributed by atoms with Crippen LogP contribution in [-0.4, -0.2) is 13.1 Å². The highest BCUT2D eigenvalue weighted by molar-refractivity contribution is 5.74. The molecule has 0 saturated carbocycles. The van der Waals surface area contributed by atoms with E-state index in [-0.39, 0.29) is 12.1 Å². The number of benzene rings is 1. The van der Waals surface area contributed by atoms with Gasteiger partial charge in [0, 0.05) is 0 Å². The minimum absolute atomic E-state index is 0.0293. The van der Waals surface area contributed by atoms with Gasteiger partial charge in [-0.05, 0) is 17.7 Å². The molecule has 1 rings (SSSR count). The number of carbonyl (C=O) groups is 1. The summed E-state index contributed by atoms with van der Waals surface area (Å²) in [7, 11) is 1.25. The van der Waals surface area contributed by atoms with Crippen LogP contribution < -0.4 is 11.3 Å². The van der Waals surface area contributed by atoms with Crippen molar-refractivity contribution in [3.05, 3.63) is 35.4 Å². The van der Waals surface area contributed by atoms with Crippen LogP contribution in [0.1, 0.15) is 17.5 Å². The van der Waals surface area contributed by atoms with Gasteiger partial charge in [0.05, 0.1) is 24.8 Å². The van der Waals surface area contributed by atoms with Crippen molar-refractivity contribution in [3.63, 3.8) is 0 Å². The number of halogens is 3. The number of hydrogen-bond donors (Lipinski definition) is 2. The SMILES string of the molecule is COC(=O)CC=Cc1ccc(C(F)(F)F)cc1NN. The van der Waals surface area contributed by atoms with Gasteiger partial charge >= 0.3 is 12.1 Å². The van der Waals surface area contributed by atoms with Crippen LogP contribution in [0.4, 0.5) is 18.9 Å². The molecular weight excluding hydrogens is 261 g/mol. The van der Waals surface area contributed by atoms with Crippen LogP contribution in [0.2, 0.25) is 0 Å². The Hall–Kier alpha value is -2.02. The summed E-state index contributed by atoms with van der Waals surface area (Å²) in [5, 5.41) is 0. The zero-order valence-electron chi connectivity index (χ0n) is 10.1. The molecule has 7 heteroatoms. The standard InChI is InChI=1S/C12H13F3N2O2/c1-19-11(18)4-2-3-8-5-6-9(12(13,14)15)7-10(8)17-16/h2-3,5-7,17H,4,16H2,1H3. The fraction of sp³-hybridized carbons (Fsp3) is 0.250. The largest absolute Gasteiger partial charge is 0.469 e. The zero-order chi connectivity index (χ0) is 14.5. The van der Waals surface area contributed by atoms with Crippen LogP contribution in [0.15, 0.2) is 24.3 Å². The van der Waals surface area contributed by atoms with Crippen LogP contribution >= 0.6 is 0 Å². The number of hydrazine groups is 1. The van der Waals surface area contributed by atoms with Crippen molar-refractivity contribution in [2.24, 2.45) is 5.84 Å². The molecule has 0 aliphatic rings. The van der Waals surface area contributed by atoms with Crippen LogP contribution in [0.5, 0.6) is 0 Å². The molecule has 0 heterocycles. The van der Waals surface area contributed by atoms with Crippen molar-refractivity contribution in [2.75, 3.05) is 12.5 Å². The monoisotopic (exact) mass is 274 g/mol. The van der Waals surface area contributed by atoms with Crippen LogP contribution in [0, 0.1) is 0 Å². The number of rotatable bonds is 4. The van der Waals surface area contributed by atoms with Gasteiger partial charge in [-0.15, -0.1) is 0 Å². The van der Waals surface area contributed by atoms with E-state index in [0.717, 1.165) is 12.1 Å². The van der Waals surface area contributed by atoms with E-state index in [4.69, 9.17) is 5.84 Å². The first-order valence-corrected chi connectivity index (χ1v) is 5.29. The number of nitrogens with one attached hydrogen (secondary N) is 1. The third-order valence-electron chi connectivity index (χ3n) is 2.35. The van der Waals surface area contributed by atoms with Gasteiger partial charge in [0.25, 0.3) is 0 Å². The molecule has 0 aliphatic heterocycles. The van der Waals surface area contributed by atoms with Gasteiger partial charge in [0.1, 0.15) is 0 Å². The Morgan fingerprint density at radius 1 is 1.47 bits per heavy atom. The molecule has 0 atom stereocenters. The summed E-state index contributed by atoms with van der Waals surface area (Å²) in [6.45, 7) is 0. The Labute approximate surface area is 108 Å². The average molecular weight is 274 g/mol. The number of nitrogen functional groups attached to an aromatic ring is 1. The lowest BCUT2D eigenvalue weighted by atomic mass is 10.1. The number of anilines is 1. The topological polar surface area (TPSA) is 64.3 Å². The zero-order valence-corrected chi connectivity index (χ0v) is 10.1. The molecule has 0 unspecified atom stereocenters. The number of carbonyl (C=O) groups excluding carboxylic acids is 1. The highest BCUT2D eigenvalue weighted by atomic mass is 19.4. The molecular formula is C12H13F3N2O2. The second-order valence-corrected chi connectivity index (χ2v) is 3.63. The minimum Gasteiger partial charge on any atom is -0.469 e. The second-order valence-electron chi connectivity index (χ2n) is 3.63. The Balaban J connectivity index is 2.94. The summed E-state index contributed by atoms with van der Waals surface area (Å²) in [6, 6.07) is 3.11. The lowest BCUT2D eigenvalue weighted by Crippen LogP contribution is -2.11. The molecule has 0 amide bonds. The summed E-state index contributed by atoms with van der Waals surface area (Å²) in [5.41, 5.74) is 1.96. The fourth-order valence-electron chi connectivity index (χ4n) is 1.37. The van der Waals surface area contributed by atoms with Crippen molar-refractivity contribution in [1.82, 2.24) is 0 Å². The highest BCUT2D eigenvalue weighted by Crippen LogP contribution is 2.32. The number of ether oxygens (including phenoxy) is 1. The average Bonchev–Trinajstić information content (AvgIpc) is 2.37. The molecule has 0 spiro atoms. The first kappa shape index (κ1) is 15.0. The van der Waals surface area contributed by atoms with Gasteiger partial charge in [-0.2, -0.15) is 13.2 Å². The predicted octanol–water partition coefficient (Wildman–Crippen LogP) is 2.57. The normalized spacial score (nSPS) is 11.6. The summed E-state index contributed by atoms with van der Waals surface area (Å²) < 4.78 is 41.9. The van der Waals surface area contributed by atoms with Gasteiger partial charge in [-0.3, -0.25) is 10.6 Å². The molecule has 0 aromatic heterocycles. The van der Waals surface area contributed by atoms with E-state index >= 15 is 0 Å². The Morgan fingerprint density at radius 3 is 2.68 bits per heavy atom. The number of nitrogens with two attached hydrogens (primary N) is 1. The molecule has 0 aliphatic carbocycles. The maximum Gasteiger partial charge on any atom is 0.416 e. The second kappa shape index (κ2) is 6.24. The van der Waals surface area contributed by atoms with Crippen molar-refractivity contribution < 1.29 is 22.7 Å². The van der Waals surface area contributed by atoms with Crippen molar-refractivity contribution >= 4 is 17.7 Å². The number of alkyl halides is 3. The third-order valence-corrected chi connectivity index (χ3v) is 2.35. The molecule has 1 aromatic carbocycles. The molecule has 104 valence electrons. The molecule has 4 nitrogen and oxygen atoms in total. The maximum atomic E-state index is 12.5. The number of esters is 1. The lowest BCUT2D eigenvalue weighted by molar-refractivity contribution is -0.139. The van der Waals surface area contributed by atoms with Crippen molar-refractivity contribution in [3.8, 4) is 0 Å². The Morgan fingerprint density at radius 2 is 2.16 bits per heavy atom. The van der Waals surface area contributed by atoms with E-state index in [1.165, 1.54) is 25.3 Å². The summed E-state index contributed by atoms with van der Waals surface area (Å²) in [5.74, 6) is 4.74. The van der Waals surface area contributed by atoms with E-state index in [1.54, 1.807) is 0 Å². The molecule has 0 radical (unpaired) electrons. The first-order valence-electron chi connectivity index (χ1n) is 5.29. The van der Waals surface area contributed by atoms with Crippen molar-refractivity contribution in [1.29, 1.82) is 0 Å². The molecule has 0 saturated heterocycles. The van der Waals surface area contributed by atoms with E-state index in [2.05, 4.69) is 10.2 Å². The number of hydrogen-bond acceptors (Lipinski definition) is 4. The number of methoxy groups -OCH3 is 1. The summed E-state index contributed by atoms with van der Waals surface area (Å²) >= 11 is 0. The molecule has 19 heavy (non-hydrogen) atoms. The first-order chi connectivity index (χ1) is 8.88. The summed E-state index contributed by atoms with van der Waals surface area (Å²) in [4.78, 5) is 10.9. The Kier molecular flexibility index (Phi) is 4.94. The van der Waals surface area contributed by atoms with Gasteiger partial charge in [-0.1, -0.05) is 18.2 Å². The fourth-order valence-corrected chi connectivity index (χ4v) is 1.37. The van der Waals surface area contributed by atoms with Crippen LogP contribution in [-0.2, 0) is 15.7 Å². The molecule has 3 N–H and O–H groups in total. The van der Waals surface area contributed by atoms with E-state index < -0.39 is 17.7 Å². The lowest BCUT2D eigenvalue weighted by Gasteiger charge is -2.11. The smallest absolute Gasteiger partial charge is 0.416 e. The van der Waals surface area contributed by atoms with Gasteiger partial charge in [-0.25, -0.2) is 0 Å². The van der Waals surface area contributed by atoms with Gasteiger partial charge < -0.3 is 10.2 Å². The quantitative estimate of drug-likeness (QED) is 0.503. The highest BCUT2D eigenvalue weighted by Gasteiger charge is 2.30. The Bertz CT molecular complexity index is 484. The van der Waals surface area contributed by atoms with Crippen LogP contribution in [0.25, 0.3) is 6.08 Å². The van der Waals surface area contributed by atoms with Gasteiger partial charge in [0.15, 0.2) is 0 Å². The summed E-state index contributed by atoms with van der Waals surface area (Å²) in [6.07, 6.45) is -1.43. The van der Waals surface area contributed by atoms with E-state index in [1.807, 2.05) is 0 Å². The van der Waals surface area contributed by atoms with Gasteiger partial charge in [0.2, 0.25) is 0 Å². The van der Waals surface area contributed by atoms with E-state index in [0.29, 0.717) is 5.56 Å². The van der Waals surface area contributed by atoms with Crippen LogP contribution in [0.3, 0.4) is 0 Å². The van der Waals surface area contributed by atoms with E-state index in [9.17, 15) is 18.0 Å².